The lowest BCUT2D eigenvalue weighted by atomic mass is 9.69. The number of amides is 1. The Kier molecular flexibility index (Phi) is 7.01. The summed E-state index contributed by atoms with van der Waals surface area (Å²) in [5.41, 5.74) is 0.377. The Balaban J connectivity index is 2.19. The highest BCUT2D eigenvalue weighted by Crippen LogP contribution is 2.39. The highest BCUT2D eigenvalue weighted by molar-refractivity contribution is 5.78. The Hall–Kier alpha value is -0.570. The van der Waals surface area contributed by atoms with E-state index in [4.69, 9.17) is 5.11 Å². The average molecular weight is 283 g/mol. The first-order valence-corrected chi connectivity index (χ1v) is 8.23. The van der Waals surface area contributed by atoms with Crippen LogP contribution in [0.15, 0.2) is 0 Å². The van der Waals surface area contributed by atoms with Crippen molar-refractivity contribution in [3.05, 3.63) is 0 Å². The number of hydrogen-bond donors (Lipinski definition) is 2. The van der Waals surface area contributed by atoms with Gasteiger partial charge in [0.25, 0.3) is 0 Å². The van der Waals surface area contributed by atoms with Crippen LogP contribution < -0.4 is 5.32 Å². The standard InChI is InChI=1S/C17H33NO2/c1-13(12-19)6-5-11-18-16(20)14-7-9-15(10-8-14)17(2,3)4/h13-15,19H,5-12H2,1-4H3,(H,18,20). The fraction of sp³-hybridized carbons (Fsp3) is 0.941. The van der Waals surface area contributed by atoms with Gasteiger partial charge in [0.2, 0.25) is 5.91 Å². The number of carbonyl (C=O) groups excluding carboxylic acids is 1. The molecule has 0 saturated heterocycles. The van der Waals surface area contributed by atoms with E-state index in [1.807, 2.05) is 6.92 Å². The van der Waals surface area contributed by atoms with Crippen LogP contribution >= 0.6 is 0 Å². The molecule has 0 aromatic rings. The van der Waals surface area contributed by atoms with Crippen molar-refractivity contribution in [3.8, 4) is 0 Å². The van der Waals surface area contributed by atoms with E-state index in [1.54, 1.807) is 0 Å². The second-order valence-electron chi connectivity index (χ2n) is 7.64. The van der Waals surface area contributed by atoms with Gasteiger partial charge in [-0.25, -0.2) is 0 Å². The molecule has 0 heterocycles. The van der Waals surface area contributed by atoms with Gasteiger partial charge in [-0.05, 0) is 55.8 Å². The normalized spacial score (nSPS) is 25.2. The molecule has 0 aliphatic heterocycles. The fourth-order valence-corrected chi connectivity index (χ4v) is 3.12. The van der Waals surface area contributed by atoms with Crippen molar-refractivity contribution >= 4 is 5.91 Å². The largest absolute Gasteiger partial charge is 0.396 e. The van der Waals surface area contributed by atoms with Gasteiger partial charge in [0.05, 0.1) is 0 Å². The second kappa shape index (κ2) is 8.02. The molecule has 1 rings (SSSR count). The quantitative estimate of drug-likeness (QED) is 0.734. The summed E-state index contributed by atoms with van der Waals surface area (Å²) in [5, 5.41) is 12.0. The Labute approximate surface area is 124 Å². The van der Waals surface area contributed by atoms with Crippen molar-refractivity contribution in [2.75, 3.05) is 13.2 Å². The maximum Gasteiger partial charge on any atom is 0.223 e. The van der Waals surface area contributed by atoms with Crippen LogP contribution in [0.2, 0.25) is 0 Å². The summed E-state index contributed by atoms with van der Waals surface area (Å²) in [6.07, 6.45) is 6.40. The second-order valence-corrected chi connectivity index (χ2v) is 7.64. The lowest BCUT2D eigenvalue weighted by molar-refractivity contribution is -0.126. The summed E-state index contributed by atoms with van der Waals surface area (Å²) in [4.78, 5) is 12.1. The van der Waals surface area contributed by atoms with Crippen molar-refractivity contribution in [1.82, 2.24) is 5.32 Å². The summed E-state index contributed by atoms with van der Waals surface area (Å²) >= 11 is 0. The Morgan fingerprint density at radius 2 is 1.85 bits per heavy atom. The van der Waals surface area contributed by atoms with E-state index in [-0.39, 0.29) is 18.4 Å². The highest BCUT2D eigenvalue weighted by atomic mass is 16.3. The van der Waals surface area contributed by atoms with Crippen molar-refractivity contribution in [1.29, 1.82) is 0 Å². The SMILES string of the molecule is CC(CO)CCCNC(=O)C1CCC(C(C)(C)C)CC1. The summed E-state index contributed by atoms with van der Waals surface area (Å²) in [6, 6.07) is 0. The predicted octanol–water partition coefficient (Wildman–Crippen LogP) is 3.36. The molecule has 0 radical (unpaired) electrons. The van der Waals surface area contributed by atoms with Crippen LogP contribution in [0.1, 0.15) is 66.2 Å². The van der Waals surface area contributed by atoms with Crippen molar-refractivity contribution in [2.45, 2.75) is 66.2 Å². The molecule has 1 aliphatic rings. The fourth-order valence-electron chi connectivity index (χ4n) is 3.12. The van der Waals surface area contributed by atoms with Gasteiger partial charge in [-0.15, -0.1) is 0 Å². The number of rotatable bonds is 6. The molecule has 1 aliphatic carbocycles. The van der Waals surface area contributed by atoms with E-state index in [2.05, 4.69) is 26.1 Å². The lowest BCUT2D eigenvalue weighted by Gasteiger charge is -2.36. The van der Waals surface area contributed by atoms with E-state index in [0.717, 1.165) is 38.1 Å². The third kappa shape index (κ3) is 5.82. The van der Waals surface area contributed by atoms with Gasteiger partial charge >= 0.3 is 0 Å². The van der Waals surface area contributed by atoms with Gasteiger partial charge < -0.3 is 10.4 Å². The van der Waals surface area contributed by atoms with E-state index < -0.39 is 0 Å². The predicted molar refractivity (Wildman–Crippen MR) is 83.4 cm³/mol. The Bertz CT molecular complexity index is 288. The van der Waals surface area contributed by atoms with Crippen LogP contribution in [0.3, 0.4) is 0 Å². The molecule has 2 N–H and O–H groups in total. The molecule has 1 unspecified atom stereocenters. The van der Waals surface area contributed by atoms with Crippen LogP contribution in [0.25, 0.3) is 0 Å². The molecule has 3 nitrogen and oxygen atoms in total. The molecule has 20 heavy (non-hydrogen) atoms. The van der Waals surface area contributed by atoms with Gasteiger partial charge in [-0.2, -0.15) is 0 Å². The van der Waals surface area contributed by atoms with Gasteiger partial charge in [0, 0.05) is 19.1 Å². The van der Waals surface area contributed by atoms with Gasteiger partial charge in [-0.1, -0.05) is 27.7 Å². The minimum absolute atomic E-state index is 0.226. The van der Waals surface area contributed by atoms with Crippen LogP contribution in [0.4, 0.5) is 0 Å². The number of carbonyl (C=O) groups is 1. The molecule has 1 amide bonds. The van der Waals surface area contributed by atoms with Gasteiger partial charge in [0.15, 0.2) is 0 Å². The van der Waals surface area contributed by atoms with E-state index in [1.165, 1.54) is 12.8 Å². The van der Waals surface area contributed by atoms with Crippen molar-refractivity contribution in [3.63, 3.8) is 0 Å². The first-order valence-electron chi connectivity index (χ1n) is 8.23. The summed E-state index contributed by atoms with van der Waals surface area (Å²) in [6.45, 7) is 9.95. The average Bonchev–Trinajstić information content (AvgIpc) is 2.42. The molecular formula is C17H33NO2. The van der Waals surface area contributed by atoms with Crippen LogP contribution in [0, 0.1) is 23.2 Å². The van der Waals surface area contributed by atoms with Gasteiger partial charge in [-0.3, -0.25) is 4.79 Å². The van der Waals surface area contributed by atoms with E-state index in [9.17, 15) is 4.79 Å². The molecule has 3 heteroatoms. The first kappa shape index (κ1) is 17.5. The topological polar surface area (TPSA) is 49.3 Å². The summed E-state index contributed by atoms with van der Waals surface area (Å²) in [5.74, 6) is 1.57. The van der Waals surface area contributed by atoms with Crippen LogP contribution in [0.5, 0.6) is 0 Å². The van der Waals surface area contributed by atoms with Gasteiger partial charge in [0.1, 0.15) is 0 Å². The first-order chi connectivity index (χ1) is 9.34. The minimum Gasteiger partial charge on any atom is -0.396 e. The number of nitrogens with one attached hydrogen (secondary N) is 1. The Morgan fingerprint density at radius 1 is 1.25 bits per heavy atom. The van der Waals surface area contributed by atoms with E-state index in [0.29, 0.717) is 11.3 Å². The zero-order valence-electron chi connectivity index (χ0n) is 13.7. The van der Waals surface area contributed by atoms with Crippen LogP contribution in [-0.2, 0) is 4.79 Å². The van der Waals surface area contributed by atoms with Crippen molar-refractivity contribution < 1.29 is 9.90 Å². The molecule has 0 spiro atoms. The van der Waals surface area contributed by atoms with Crippen molar-refractivity contribution in [2.24, 2.45) is 23.2 Å². The number of aliphatic hydroxyl groups excluding tert-OH is 1. The third-order valence-corrected chi connectivity index (χ3v) is 4.81. The highest BCUT2D eigenvalue weighted by Gasteiger charge is 2.32. The molecule has 0 bridgehead atoms. The number of hydrogen-bond acceptors (Lipinski definition) is 2. The van der Waals surface area contributed by atoms with Crippen LogP contribution in [-0.4, -0.2) is 24.2 Å². The maximum absolute atomic E-state index is 12.1. The summed E-state index contributed by atoms with van der Waals surface area (Å²) < 4.78 is 0. The summed E-state index contributed by atoms with van der Waals surface area (Å²) in [7, 11) is 0. The maximum atomic E-state index is 12.1. The zero-order valence-corrected chi connectivity index (χ0v) is 13.7. The monoisotopic (exact) mass is 283 g/mol. The molecule has 0 aromatic heterocycles. The molecule has 1 fully saturated rings. The molecular weight excluding hydrogens is 250 g/mol. The Morgan fingerprint density at radius 3 is 2.35 bits per heavy atom. The number of aliphatic hydroxyl groups is 1. The smallest absolute Gasteiger partial charge is 0.223 e. The zero-order chi connectivity index (χ0) is 15.2. The lowest BCUT2D eigenvalue weighted by Crippen LogP contribution is -2.35. The molecule has 1 atom stereocenters. The van der Waals surface area contributed by atoms with E-state index >= 15 is 0 Å². The molecule has 0 aromatic carbocycles. The molecule has 118 valence electrons. The third-order valence-electron chi connectivity index (χ3n) is 4.81. The minimum atomic E-state index is 0.226. The molecule has 1 saturated carbocycles.